The van der Waals surface area contributed by atoms with Gasteiger partial charge in [-0.25, -0.2) is 9.59 Å². The van der Waals surface area contributed by atoms with Gasteiger partial charge in [0.2, 0.25) is 0 Å². The van der Waals surface area contributed by atoms with E-state index in [1.807, 2.05) is 0 Å². The van der Waals surface area contributed by atoms with Crippen LogP contribution in [0.15, 0.2) is 0 Å². The van der Waals surface area contributed by atoms with E-state index >= 15 is 0 Å². The van der Waals surface area contributed by atoms with E-state index < -0.39 is 98.4 Å². The third kappa shape index (κ3) is 4.96. The lowest BCUT2D eigenvalue weighted by Crippen LogP contribution is -2.67. The maximum absolute atomic E-state index is 12.0. The molecule has 2 aliphatic rings. The quantitative estimate of drug-likeness (QED) is 0.162. The van der Waals surface area contributed by atoms with Crippen molar-refractivity contribution >= 4 is 11.9 Å². The summed E-state index contributed by atoms with van der Waals surface area (Å²) in [6, 6.07) is 0. The van der Waals surface area contributed by atoms with Gasteiger partial charge in [-0.2, -0.15) is 0 Å². The van der Waals surface area contributed by atoms with Gasteiger partial charge in [-0.3, -0.25) is 0 Å². The number of aliphatic hydroxyl groups is 8. The van der Waals surface area contributed by atoms with Crippen LogP contribution in [0.25, 0.3) is 0 Å². The minimum Gasteiger partial charge on any atom is -0.477 e. The fourth-order valence-electron chi connectivity index (χ4n) is 3.48. The van der Waals surface area contributed by atoms with Crippen LogP contribution in [0.2, 0.25) is 0 Å². The Morgan fingerprint density at radius 2 is 1.42 bits per heavy atom. The Bertz CT molecular complexity index is 659. The summed E-state index contributed by atoms with van der Waals surface area (Å²) in [6.45, 7) is -2.02. The van der Waals surface area contributed by atoms with Crippen LogP contribution in [-0.4, -0.2) is 137 Å². The Morgan fingerprint density at radius 1 is 0.903 bits per heavy atom. The van der Waals surface area contributed by atoms with E-state index in [0.717, 1.165) is 0 Å². The van der Waals surface area contributed by atoms with Crippen molar-refractivity contribution in [1.29, 1.82) is 0 Å². The van der Waals surface area contributed by atoms with Gasteiger partial charge in [0.25, 0.3) is 11.6 Å². The number of ether oxygens (including phenoxy) is 3. The van der Waals surface area contributed by atoms with Crippen molar-refractivity contribution in [3.8, 4) is 0 Å². The molecular weight excluding hydrogens is 432 g/mol. The lowest BCUT2D eigenvalue weighted by molar-refractivity contribution is -0.369. The zero-order chi connectivity index (χ0) is 23.7. The minimum atomic E-state index is -3.07. The Labute approximate surface area is 174 Å². The van der Waals surface area contributed by atoms with Crippen LogP contribution in [0.5, 0.6) is 0 Å². The summed E-state index contributed by atoms with van der Waals surface area (Å²) in [5.41, 5.74) is 0. The predicted molar refractivity (Wildman–Crippen MR) is 91.0 cm³/mol. The van der Waals surface area contributed by atoms with Crippen molar-refractivity contribution < 1.29 is 74.9 Å². The van der Waals surface area contributed by atoms with Gasteiger partial charge in [0.15, 0.2) is 0 Å². The van der Waals surface area contributed by atoms with Crippen LogP contribution >= 0.6 is 0 Å². The first kappa shape index (κ1) is 25.8. The summed E-state index contributed by atoms with van der Waals surface area (Å²) >= 11 is 0. The normalized spacial score (nSPS) is 43.2. The second-order valence-corrected chi connectivity index (χ2v) is 7.43. The van der Waals surface area contributed by atoms with Gasteiger partial charge in [-0.1, -0.05) is 0 Å². The third-order valence-electron chi connectivity index (χ3n) is 5.20. The third-order valence-corrected chi connectivity index (χ3v) is 5.20. The molecule has 2 rings (SSSR count). The molecule has 15 heteroatoms. The van der Waals surface area contributed by atoms with E-state index in [2.05, 4.69) is 0 Å². The highest BCUT2D eigenvalue weighted by Crippen LogP contribution is 2.38. The van der Waals surface area contributed by atoms with Crippen molar-refractivity contribution in [2.24, 2.45) is 0 Å². The van der Waals surface area contributed by atoms with Crippen LogP contribution < -0.4 is 0 Å². The summed E-state index contributed by atoms with van der Waals surface area (Å²) in [4.78, 5) is 23.4. The van der Waals surface area contributed by atoms with Crippen LogP contribution in [0.3, 0.4) is 0 Å². The molecule has 0 aliphatic carbocycles. The Balaban J connectivity index is 2.41. The highest BCUT2D eigenvalue weighted by molar-refractivity contribution is 5.76. The molecule has 0 amide bonds. The van der Waals surface area contributed by atoms with E-state index in [1.165, 1.54) is 0 Å². The molecule has 0 radical (unpaired) electrons. The summed E-state index contributed by atoms with van der Waals surface area (Å²) in [5, 5.41) is 97.4. The van der Waals surface area contributed by atoms with E-state index in [0.29, 0.717) is 0 Å². The topological polar surface area (TPSA) is 264 Å². The highest BCUT2D eigenvalue weighted by Gasteiger charge is 2.59. The molecule has 0 spiro atoms. The molecule has 0 aromatic heterocycles. The summed E-state index contributed by atoms with van der Waals surface area (Å²) < 4.78 is 15.2. The Kier molecular flexibility index (Phi) is 7.94. The molecule has 0 saturated carbocycles. The van der Waals surface area contributed by atoms with Crippen LogP contribution in [0, 0.1) is 0 Å². The molecular formula is C16H26O15. The maximum atomic E-state index is 12.0. The molecule has 0 aromatic rings. The van der Waals surface area contributed by atoms with E-state index in [9.17, 15) is 50.4 Å². The molecule has 2 fully saturated rings. The van der Waals surface area contributed by atoms with Crippen LogP contribution in [-0.2, 0) is 23.8 Å². The first-order chi connectivity index (χ1) is 14.3. The average Bonchev–Trinajstić information content (AvgIpc) is 2.71. The lowest BCUT2D eigenvalue weighted by Gasteiger charge is -2.48. The van der Waals surface area contributed by atoms with Crippen LogP contribution in [0.1, 0.15) is 12.8 Å². The summed E-state index contributed by atoms with van der Waals surface area (Å²) in [7, 11) is 0. The molecule has 0 bridgehead atoms. The fraction of sp³-hybridized carbons (Fsp3) is 0.875. The standard InChI is InChI=1S/C16H26O15/c17-3-6(20)11-9(22)5(19)1-16(31-11,14(26)27)29-8-2-15(28,13(24)25)30-12(10(8)23)7(21)4-18/h5-12,17-23,28H,1-4H2,(H,24,25)(H,26,27)/t5-,6-,7-,8-,9-,10-,11-,12-,15+,16-/m1/s1. The fourth-order valence-corrected chi connectivity index (χ4v) is 3.48. The van der Waals surface area contributed by atoms with E-state index in [1.54, 1.807) is 0 Å². The minimum absolute atomic E-state index is 0.957. The van der Waals surface area contributed by atoms with Crippen molar-refractivity contribution in [2.45, 2.75) is 73.2 Å². The Morgan fingerprint density at radius 3 is 1.87 bits per heavy atom. The van der Waals surface area contributed by atoms with Crippen LogP contribution in [0.4, 0.5) is 0 Å². The summed E-state index contributed by atoms with van der Waals surface area (Å²) in [6.07, 6.45) is -17.2. The number of aliphatic hydroxyl groups excluding tert-OH is 7. The van der Waals surface area contributed by atoms with Crippen molar-refractivity contribution in [1.82, 2.24) is 0 Å². The molecule has 2 saturated heterocycles. The zero-order valence-electron chi connectivity index (χ0n) is 16.0. The second-order valence-electron chi connectivity index (χ2n) is 7.43. The van der Waals surface area contributed by atoms with E-state index in [-0.39, 0.29) is 0 Å². The monoisotopic (exact) mass is 458 g/mol. The average molecular weight is 458 g/mol. The number of carbonyl (C=O) groups is 2. The van der Waals surface area contributed by atoms with Crippen molar-refractivity contribution in [3.63, 3.8) is 0 Å². The number of rotatable bonds is 8. The second kappa shape index (κ2) is 9.55. The molecule has 31 heavy (non-hydrogen) atoms. The SMILES string of the molecule is O=C(O)[C@@]1(O[C@@H]2C[C@@](O)(C(=O)O)O[C@H]([C@H](O)CO)[C@@H]2O)C[C@@H](O)[C@@H](O)[C@@H]([C@H](O)CO)O1. The lowest BCUT2D eigenvalue weighted by atomic mass is 9.90. The summed E-state index contributed by atoms with van der Waals surface area (Å²) in [5.74, 6) is -9.83. The number of aliphatic carboxylic acids is 2. The van der Waals surface area contributed by atoms with Gasteiger partial charge in [0.05, 0.1) is 25.4 Å². The van der Waals surface area contributed by atoms with E-state index in [4.69, 9.17) is 24.4 Å². The molecule has 180 valence electrons. The highest BCUT2D eigenvalue weighted by atomic mass is 16.7. The van der Waals surface area contributed by atoms with Crippen molar-refractivity contribution in [3.05, 3.63) is 0 Å². The largest absolute Gasteiger partial charge is 0.477 e. The first-order valence-electron chi connectivity index (χ1n) is 9.16. The molecule has 15 nitrogen and oxygen atoms in total. The number of hydrogen-bond acceptors (Lipinski definition) is 13. The van der Waals surface area contributed by atoms with Crippen molar-refractivity contribution in [2.75, 3.05) is 13.2 Å². The maximum Gasteiger partial charge on any atom is 0.364 e. The number of carboxylic acids is 2. The van der Waals surface area contributed by atoms with Gasteiger partial charge in [-0.15, -0.1) is 0 Å². The van der Waals surface area contributed by atoms with Gasteiger partial charge in [0.1, 0.15) is 36.6 Å². The zero-order valence-corrected chi connectivity index (χ0v) is 16.0. The van der Waals surface area contributed by atoms with Gasteiger partial charge in [-0.05, 0) is 0 Å². The molecule has 10 atom stereocenters. The first-order valence-corrected chi connectivity index (χ1v) is 9.16. The smallest absolute Gasteiger partial charge is 0.364 e. The molecule has 10 N–H and O–H groups in total. The number of hydrogen-bond donors (Lipinski definition) is 10. The molecule has 0 aromatic carbocycles. The predicted octanol–water partition coefficient (Wildman–Crippen LogP) is -5.71. The number of carboxylic acid groups (broad SMARTS) is 2. The molecule has 2 aliphatic heterocycles. The molecule has 0 unspecified atom stereocenters. The van der Waals surface area contributed by atoms with Gasteiger partial charge >= 0.3 is 11.9 Å². The molecule has 2 heterocycles. The van der Waals surface area contributed by atoms with Gasteiger partial charge in [0, 0.05) is 12.8 Å². The Hall–Kier alpha value is -1.50. The van der Waals surface area contributed by atoms with Gasteiger partial charge < -0.3 is 65.3 Å².